The van der Waals surface area contributed by atoms with Gasteiger partial charge in [0.05, 0.1) is 6.61 Å². The van der Waals surface area contributed by atoms with Crippen LogP contribution < -0.4 is 14.8 Å². The summed E-state index contributed by atoms with van der Waals surface area (Å²) in [5.74, 6) is 2.55. The van der Waals surface area contributed by atoms with Gasteiger partial charge in [0.1, 0.15) is 6.61 Å². The molecule has 1 N–H and O–H groups in total. The van der Waals surface area contributed by atoms with Crippen LogP contribution in [0.1, 0.15) is 19.8 Å². The summed E-state index contributed by atoms with van der Waals surface area (Å²) in [6, 6.07) is 8.69. The largest absolute Gasteiger partial charge is 0.490 e. The summed E-state index contributed by atoms with van der Waals surface area (Å²) in [6.07, 6.45) is 2.61. The molecular weight excluding hydrogens is 300 g/mol. The molecule has 0 aromatic heterocycles. The molecule has 5 heteroatoms. The van der Waals surface area contributed by atoms with E-state index < -0.39 is 0 Å². The van der Waals surface area contributed by atoms with Crippen molar-refractivity contribution in [3.05, 3.63) is 24.3 Å². The fourth-order valence-electron chi connectivity index (χ4n) is 3.45. The van der Waals surface area contributed by atoms with Gasteiger partial charge in [-0.1, -0.05) is 12.1 Å². The summed E-state index contributed by atoms with van der Waals surface area (Å²) in [4.78, 5) is 2.54. The number of ether oxygens (including phenoxy) is 2. The first-order valence-electron chi connectivity index (χ1n) is 8.17. The number of likely N-dealkylation sites (tertiary alicyclic amines) is 1. The van der Waals surface area contributed by atoms with E-state index in [0.29, 0.717) is 6.61 Å². The molecule has 0 aliphatic carbocycles. The fraction of sp³-hybridized carbons (Fsp3) is 0.647. The number of rotatable bonds is 6. The van der Waals surface area contributed by atoms with E-state index in [2.05, 4.69) is 10.2 Å². The number of piperidine rings is 1. The first kappa shape index (κ1) is 17.4. The highest BCUT2D eigenvalue weighted by molar-refractivity contribution is 5.85. The van der Waals surface area contributed by atoms with E-state index in [1.165, 1.54) is 32.5 Å². The second-order valence-electron chi connectivity index (χ2n) is 5.93. The van der Waals surface area contributed by atoms with Crippen LogP contribution in [0.2, 0.25) is 0 Å². The number of halogens is 1. The van der Waals surface area contributed by atoms with Gasteiger partial charge in [0, 0.05) is 19.1 Å². The molecule has 2 atom stereocenters. The van der Waals surface area contributed by atoms with Gasteiger partial charge in [-0.2, -0.15) is 0 Å². The standard InChI is InChI=1S/C17H26N2O2.ClH/c1-2-20-16-5-3-4-6-17(16)21-12-11-19-10-8-15-14(13-19)7-9-18-15;/h3-6,14-15,18H,2,7-13H2,1H3;1H. The van der Waals surface area contributed by atoms with Crippen LogP contribution in [-0.4, -0.2) is 50.3 Å². The normalized spacial score (nSPS) is 24.4. The maximum Gasteiger partial charge on any atom is 0.161 e. The van der Waals surface area contributed by atoms with E-state index in [9.17, 15) is 0 Å². The van der Waals surface area contributed by atoms with Crippen LogP contribution in [0.15, 0.2) is 24.3 Å². The zero-order chi connectivity index (χ0) is 14.5. The second-order valence-corrected chi connectivity index (χ2v) is 5.93. The molecule has 2 unspecified atom stereocenters. The Morgan fingerprint density at radius 3 is 2.73 bits per heavy atom. The quantitative estimate of drug-likeness (QED) is 0.871. The third-order valence-electron chi connectivity index (χ3n) is 4.55. The number of nitrogens with one attached hydrogen (secondary N) is 1. The van der Waals surface area contributed by atoms with Crippen molar-refractivity contribution in [1.29, 1.82) is 0 Å². The Morgan fingerprint density at radius 2 is 1.95 bits per heavy atom. The highest BCUT2D eigenvalue weighted by Gasteiger charge is 2.32. The van der Waals surface area contributed by atoms with Gasteiger partial charge in [0.15, 0.2) is 11.5 Å². The first-order chi connectivity index (χ1) is 10.4. The molecule has 124 valence electrons. The van der Waals surface area contributed by atoms with Gasteiger partial charge in [-0.25, -0.2) is 0 Å². The average molecular weight is 327 g/mol. The Hall–Kier alpha value is -0.970. The van der Waals surface area contributed by atoms with E-state index in [1.807, 2.05) is 31.2 Å². The number of hydrogen-bond acceptors (Lipinski definition) is 4. The lowest BCUT2D eigenvalue weighted by atomic mass is 9.93. The Balaban J connectivity index is 0.00000176. The van der Waals surface area contributed by atoms with Gasteiger partial charge in [0.2, 0.25) is 0 Å². The molecule has 2 aliphatic rings. The molecule has 22 heavy (non-hydrogen) atoms. The lowest BCUT2D eigenvalue weighted by Gasteiger charge is -2.34. The van der Waals surface area contributed by atoms with E-state index >= 15 is 0 Å². The van der Waals surface area contributed by atoms with Gasteiger partial charge in [-0.15, -0.1) is 12.4 Å². The molecule has 1 aromatic carbocycles. The van der Waals surface area contributed by atoms with Crippen molar-refractivity contribution in [2.45, 2.75) is 25.8 Å². The monoisotopic (exact) mass is 326 g/mol. The van der Waals surface area contributed by atoms with Gasteiger partial charge >= 0.3 is 0 Å². The maximum absolute atomic E-state index is 5.92. The minimum atomic E-state index is 0. The SMILES string of the molecule is CCOc1ccccc1OCCN1CCC2NCCC2C1.Cl. The summed E-state index contributed by atoms with van der Waals surface area (Å²) in [7, 11) is 0. The molecular formula is C17H27ClN2O2. The average Bonchev–Trinajstić information content (AvgIpc) is 2.97. The minimum absolute atomic E-state index is 0. The van der Waals surface area contributed by atoms with E-state index in [4.69, 9.17) is 9.47 Å². The molecule has 0 bridgehead atoms. The predicted molar refractivity (Wildman–Crippen MR) is 91.3 cm³/mol. The van der Waals surface area contributed by atoms with Crippen molar-refractivity contribution in [3.8, 4) is 11.5 Å². The van der Waals surface area contributed by atoms with Crippen molar-refractivity contribution < 1.29 is 9.47 Å². The summed E-state index contributed by atoms with van der Waals surface area (Å²) in [5.41, 5.74) is 0. The van der Waals surface area contributed by atoms with Gasteiger partial charge in [-0.05, 0) is 50.9 Å². The number of nitrogens with zero attached hydrogens (tertiary/aromatic N) is 1. The number of para-hydroxylation sites is 2. The van der Waals surface area contributed by atoms with Crippen LogP contribution in [0.5, 0.6) is 11.5 Å². The number of hydrogen-bond donors (Lipinski definition) is 1. The summed E-state index contributed by atoms with van der Waals surface area (Å²) in [5, 5.41) is 3.61. The van der Waals surface area contributed by atoms with Crippen molar-refractivity contribution in [2.75, 3.05) is 39.4 Å². The third kappa shape index (κ3) is 4.28. The Morgan fingerprint density at radius 1 is 1.18 bits per heavy atom. The molecule has 4 nitrogen and oxygen atoms in total. The van der Waals surface area contributed by atoms with Crippen LogP contribution in [0.25, 0.3) is 0 Å². The molecule has 3 rings (SSSR count). The summed E-state index contributed by atoms with van der Waals surface area (Å²) < 4.78 is 11.5. The Bertz CT molecular complexity index is 458. The van der Waals surface area contributed by atoms with Crippen molar-refractivity contribution in [1.82, 2.24) is 10.2 Å². The van der Waals surface area contributed by atoms with E-state index in [1.54, 1.807) is 0 Å². The van der Waals surface area contributed by atoms with Gasteiger partial charge in [0.25, 0.3) is 0 Å². The van der Waals surface area contributed by atoms with E-state index in [0.717, 1.165) is 36.6 Å². The first-order valence-corrected chi connectivity index (χ1v) is 8.17. The second kappa shape index (κ2) is 8.61. The highest BCUT2D eigenvalue weighted by Crippen LogP contribution is 2.27. The molecule has 1 aromatic rings. The third-order valence-corrected chi connectivity index (χ3v) is 4.55. The van der Waals surface area contributed by atoms with Gasteiger partial charge < -0.3 is 14.8 Å². The van der Waals surface area contributed by atoms with Gasteiger partial charge in [-0.3, -0.25) is 4.90 Å². The molecule has 0 radical (unpaired) electrons. The van der Waals surface area contributed by atoms with Crippen LogP contribution in [0.3, 0.4) is 0 Å². The van der Waals surface area contributed by atoms with Crippen molar-refractivity contribution in [2.24, 2.45) is 5.92 Å². The smallest absolute Gasteiger partial charge is 0.161 e. The van der Waals surface area contributed by atoms with Crippen LogP contribution in [0, 0.1) is 5.92 Å². The van der Waals surface area contributed by atoms with Crippen LogP contribution in [0.4, 0.5) is 0 Å². The fourth-order valence-corrected chi connectivity index (χ4v) is 3.45. The van der Waals surface area contributed by atoms with Crippen molar-refractivity contribution >= 4 is 12.4 Å². The van der Waals surface area contributed by atoms with Crippen LogP contribution >= 0.6 is 12.4 Å². The number of fused-ring (bicyclic) bond motifs is 1. The summed E-state index contributed by atoms with van der Waals surface area (Å²) >= 11 is 0. The Labute approximate surface area is 139 Å². The molecule has 0 spiro atoms. The minimum Gasteiger partial charge on any atom is -0.490 e. The highest BCUT2D eigenvalue weighted by atomic mass is 35.5. The van der Waals surface area contributed by atoms with E-state index in [-0.39, 0.29) is 12.4 Å². The molecule has 2 fully saturated rings. The van der Waals surface area contributed by atoms with Crippen molar-refractivity contribution in [3.63, 3.8) is 0 Å². The predicted octanol–water partition coefficient (Wildman–Crippen LogP) is 2.57. The number of benzene rings is 1. The molecule has 2 saturated heterocycles. The molecule has 2 aliphatic heterocycles. The zero-order valence-corrected chi connectivity index (χ0v) is 14.1. The topological polar surface area (TPSA) is 33.7 Å². The molecule has 2 heterocycles. The lowest BCUT2D eigenvalue weighted by Crippen LogP contribution is -2.45. The lowest BCUT2D eigenvalue weighted by molar-refractivity contribution is 0.137. The van der Waals surface area contributed by atoms with Crippen LogP contribution in [-0.2, 0) is 0 Å². The summed E-state index contributed by atoms with van der Waals surface area (Å²) in [6.45, 7) is 8.00. The molecule has 0 amide bonds. The molecule has 0 saturated carbocycles. The maximum atomic E-state index is 5.92. The Kier molecular flexibility index (Phi) is 6.80. The zero-order valence-electron chi connectivity index (χ0n) is 13.3.